The lowest BCUT2D eigenvalue weighted by Gasteiger charge is -2.19. The summed E-state index contributed by atoms with van der Waals surface area (Å²) in [4.78, 5) is 17.7. The molecular formula is C22H21ClN4O3S. The Labute approximate surface area is 184 Å². The quantitative estimate of drug-likeness (QED) is 0.471. The van der Waals surface area contributed by atoms with Gasteiger partial charge in [0, 0.05) is 17.3 Å². The molecule has 0 aliphatic carbocycles. The van der Waals surface area contributed by atoms with Crippen LogP contribution >= 0.6 is 11.6 Å². The maximum atomic E-state index is 13.4. The highest BCUT2D eigenvalue weighted by Crippen LogP contribution is 2.24. The Morgan fingerprint density at radius 2 is 1.84 bits per heavy atom. The molecular weight excluding hydrogens is 436 g/mol. The third-order valence-electron chi connectivity index (χ3n) is 5.49. The van der Waals surface area contributed by atoms with Crippen molar-refractivity contribution in [3.63, 3.8) is 0 Å². The largest absolute Gasteiger partial charge is 0.307 e. The molecule has 0 spiro atoms. The number of benzene rings is 1. The van der Waals surface area contributed by atoms with Crippen LogP contribution in [0.5, 0.6) is 0 Å². The summed E-state index contributed by atoms with van der Waals surface area (Å²) in [6.45, 7) is 5.65. The number of pyridine rings is 2. The van der Waals surface area contributed by atoms with Gasteiger partial charge < -0.3 is 4.57 Å². The molecule has 4 rings (SSSR count). The van der Waals surface area contributed by atoms with Crippen molar-refractivity contribution < 1.29 is 8.42 Å². The number of aryl methyl sites for hydroxylation is 1. The molecule has 1 N–H and O–H groups in total. The van der Waals surface area contributed by atoms with Crippen LogP contribution in [-0.2, 0) is 9.84 Å². The first-order valence-corrected chi connectivity index (χ1v) is 11.7. The van der Waals surface area contributed by atoms with Gasteiger partial charge in [-0.2, -0.15) is 0 Å². The summed E-state index contributed by atoms with van der Waals surface area (Å²) >= 11 is 5.90. The Hall–Kier alpha value is -2.97. The van der Waals surface area contributed by atoms with E-state index in [9.17, 15) is 13.2 Å². The number of aromatic nitrogens is 3. The van der Waals surface area contributed by atoms with Crippen LogP contribution in [0, 0.1) is 12.3 Å². The second kappa shape index (κ2) is 7.62. The highest BCUT2D eigenvalue weighted by atomic mass is 35.5. The second-order valence-electron chi connectivity index (χ2n) is 7.48. The zero-order chi connectivity index (χ0) is 22.5. The first-order valence-electron chi connectivity index (χ1n) is 9.79. The molecule has 3 heterocycles. The minimum atomic E-state index is -4.06. The SMILES string of the molecule is CC[C@H](C)n1c(=N)c(S(=O)(=O)c2ccc(Cl)cc2)cc2c(=O)n3cccc(C)c3nc21. The molecule has 4 aromatic rings. The van der Waals surface area contributed by atoms with E-state index < -0.39 is 9.84 Å². The van der Waals surface area contributed by atoms with E-state index in [1.54, 1.807) is 12.3 Å². The van der Waals surface area contributed by atoms with Crippen molar-refractivity contribution in [1.29, 1.82) is 5.41 Å². The van der Waals surface area contributed by atoms with Crippen LogP contribution in [0.1, 0.15) is 31.9 Å². The summed E-state index contributed by atoms with van der Waals surface area (Å²) < 4.78 is 29.7. The van der Waals surface area contributed by atoms with E-state index in [4.69, 9.17) is 17.0 Å². The second-order valence-corrected chi connectivity index (χ2v) is 9.84. The van der Waals surface area contributed by atoms with Crippen molar-refractivity contribution in [3.8, 4) is 0 Å². The molecule has 0 amide bonds. The predicted molar refractivity (Wildman–Crippen MR) is 119 cm³/mol. The maximum absolute atomic E-state index is 13.4. The average molecular weight is 457 g/mol. The van der Waals surface area contributed by atoms with E-state index in [1.807, 2.05) is 26.8 Å². The van der Waals surface area contributed by atoms with Crippen LogP contribution < -0.4 is 11.0 Å². The molecule has 9 heteroatoms. The van der Waals surface area contributed by atoms with Crippen LogP contribution in [0.3, 0.4) is 0 Å². The molecule has 31 heavy (non-hydrogen) atoms. The highest BCUT2D eigenvalue weighted by molar-refractivity contribution is 7.91. The molecule has 0 fully saturated rings. The van der Waals surface area contributed by atoms with E-state index in [0.717, 1.165) is 5.56 Å². The number of sulfone groups is 1. The van der Waals surface area contributed by atoms with Gasteiger partial charge in [0.2, 0.25) is 9.84 Å². The van der Waals surface area contributed by atoms with Gasteiger partial charge in [0.25, 0.3) is 5.56 Å². The molecule has 1 aromatic carbocycles. The zero-order valence-corrected chi connectivity index (χ0v) is 18.8. The number of rotatable bonds is 4. The summed E-state index contributed by atoms with van der Waals surface area (Å²) in [5.74, 6) is 0. The van der Waals surface area contributed by atoms with Crippen LogP contribution in [0.2, 0.25) is 5.02 Å². The van der Waals surface area contributed by atoms with Crippen molar-refractivity contribution in [2.75, 3.05) is 0 Å². The predicted octanol–water partition coefficient (Wildman–Crippen LogP) is 3.89. The first-order chi connectivity index (χ1) is 14.7. The van der Waals surface area contributed by atoms with Gasteiger partial charge >= 0.3 is 0 Å². The Morgan fingerprint density at radius 3 is 2.48 bits per heavy atom. The fourth-order valence-corrected chi connectivity index (χ4v) is 5.09. The van der Waals surface area contributed by atoms with Gasteiger partial charge in [0.05, 0.1) is 10.3 Å². The van der Waals surface area contributed by atoms with Gasteiger partial charge in [0.15, 0.2) is 0 Å². The third kappa shape index (κ3) is 3.36. The van der Waals surface area contributed by atoms with Crippen molar-refractivity contribution in [2.24, 2.45) is 0 Å². The zero-order valence-electron chi connectivity index (χ0n) is 17.3. The van der Waals surface area contributed by atoms with Gasteiger partial charge in [0.1, 0.15) is 21.7 Å². The molecule has 0 saturated carbocycles. The number of halogens is 1. The van der Waals surface area contributed by atoms with Gasteiger partial charge in [-0.25, -0.2) is 13.4 Å². The summed E-state index contributed by atoms with van der Waals surface area (Å²) in [5, 5.41) is 9.30. The van der Waals surface area contributed by atoms with Crippen LogP contribution in [0.15, 0.2) is 63.2 Å². The third-order valence-corrected chi connectivity index (χ3v) is 7.52. The molecule has 3 aromatic heterocycles. The minimum absolute atomic E-state index is 0.00477. The number of hydrogen-bond donors (Lipinski definition) is 1. The lowest BCUT2D eigenvalue weighted by Crippen LogP contribution is -2.31. The molecule has 0 unspecified atom stereocenters. The number of nitrogens with one attached hydrogen (secondary N) is 1. The molecule has 7 nitrogen and oxygen atoms in total. The number of hydrogen-bond acceptors (Lipinski definition) is 5. The Bertz CT molecular complexity index is 1550. The molecule has 0 aliphatic heterocycles. The standard InChI is InChI=1S/C22H21ClN4O3S/c1-4-14(3)27-19(24)18(31(29,30)16-9-7-15(23)8-10-16)12-17-21(27)25-20-13(2)6-5-11-26(20)22(17)28/h5-12,14,24H,4H2,1-3H3/t14-/m0/s1. The van der Waals surface area contributed by atoms with Crippen LogP contribution in [-0.4, -0.2) is 22.4 Å². The van der Waals surface area contributed by atoms with E-state index in [0.29, 0.717) is 22.7 Å². The number of fused-ring (bicyclic) bond motifs is 2. The van der Waals surface area contributed by atoms with Gasteiger partial charge in [-0.1, -0.05) is 24.6 Å². The Kier molecular flexibility index (Phi) is 5.23. The maximum Gasteiger partial charge on any atom is 0.267 e. The van der Waals surface area contributed by atoms with Crippen LogP contribution in [0.25, 0.3) is 16.7 Å². The molecule has 0 aliphatic rings. The van der Waals surface area contributed by atoms with Crippen molar-refractivity contribution in [1.82, 2.24) is 14.0 Å². The monoisotopic (exact) mass is 456 g/mol. The Balaban J connectivity index is 2.18. The normalized spacial score (nSPS) is 13.0. The van der Waals surface area contributed by atoms with E-state index >= 15 is 0 Å². The molecule has 0 radical (unpaired) electrons. The number of nitrogens with zero attached hydrogens (tertiary/aromatic N) is 3. The van der Waals surface area contributed by atoms with Crippen molar-refractivity contribution in [2.45, 2.75) is 43.0 Å². The van der Waals surface area contributed by atoms with E-state index in [2.05, 4.69) is 4.98 Å². The summed E-state index contributed by atoms with van der Waals surface area (Å²) in [6.07, 6.45) is 2.23. The van der Waals surface area contributed by atoms with E-state index in [1.165, 1.54) is 39.3 Å². The van der Waals surface area contributed by atoms with Gasteiger partial charge in [-0.05, 0) is 62.2 Å². The topological polar surface area (TPSA) is 97.3 Å². The van der Waals surface area contributed by atoms with E-state index in [-0.39, 0.29) is 32.3 Å². The van der Waals surface area contributed by atoms with Crippen molar-refractivity contribution in [3.05, 3.63) is 75.1 Å². The molecule has 0 saturated heterocycles. The lowest BCUT2D eigenvalue weighted by atomic mass is 10.2. The van der Waals surface area contributed by atoms with Crippen LogP contribution in [0.4, 0.5) is 0 Å². The molecule has 160 valence electrons. The molecule has 0 bridgehead atoms. The summed E-state index contributed by atoms with van der Waals surface area (Å²) in [5.41, 5.74) is 0.995. The summed E-state index contributed by atoms with van der Waals surface area (Å²) in [7, 11) is -4.06. The Morgan fingerprint density at radius 1 is 1.16 bits per heavy atom. The lowest BCUT2D eigenvalue weighted by molar-refractivity contribution is 0.508. The van der Waals surface area contributed by atoms with Gasteiger partial charge in [-0.3, -0.25) is 14.6 Å². The average Bonchev–Trinajstić information content (AvgIpc) is 2.74. The first kappa shape index (κ1) is 21.3. The minimum Gasteiger partial charge on any atom is -0.307 e. The fraction of sp³-hybridized carbons (Fsp3) is 0.227. The summed E-state index contributed by atoms with van der Waals surface area (Å²) in [6, 6.07) is 10.4. The van der Waals surface area contributed by atoms with Crippen molar-refractivity contribution >= 4 is 38.1 Å². The highest BCUT2D eigenvalue weighted by Gasteiger charge is 2.25. The smallest absolute Gasteiger partial charge is 0.267 e. The molecule has 1 atom stereocenters. The van der Waals surface area contributed by atoms with Gasteiger partial charge in [-0.15, -0.1) is 0 Å². The fourth-order valence-electron chi connectivity index (χ4n) is 3.59.